The average Bonchev–Trinajstić information content (AvgIpc) is 2.33. The van der Waals surface area contributed by atoms with Crippen molar-refractivity contribution < 1.29 is 20.3 Å². The van der Waals surface area contributed by atoms with E-state index in [1.54, 1.807) is 18.2 Å². The Morgan fingerprint density at radius 1 is 1.00 bits per heavy atom. The van der Waals surface area contributed by atoms with Gasteiger partial charge in [0.15, 0.2) is 17.2 Å². The number of hydrogen-bond acceptors (Lipinski definition) is 4. The number of nitrogens with one attached hydrogen (secondary N) is 1. The van der Waals surface area contributed by atoms with Gasteiger partial charge in [0.1, 0.15) is 5.75 Å². The van der Waals surface area contributed by atoms with E-state index in [1.165, 1.54) is 30.3 Å². The molecule has 0 saturated carbocycles. The molecule has 0 spiro atoms. The topological polar surface area (TPSA) is 77.2 Å². The first-order chi connectivity index (χ1) is 8.16. The van der Waals surface area contributed by atoms with Gasteiger partial charge in [-0.2, -0.15) is 5.23 Å². The fourth-order valence-corrected chi connectivity index (χ4v) is 1.34. The molecule has 0 radical (unpaired) electrons. The summed E-state index contributed by atoms with van der Waals surface area (Å²) in [7, 11) is 0. The van der Waals surface area contributed by atoms with Crippen LogP contribution < -0.4 is 9.96 Å². The van der Waals surface area contributed by atoms with Crippen LogP contribution in [0.4, 0.5) is 5.69 Å². The predicted octanol–water partition coefficient (Wildman–Crippen LogP) is 1.59. The van der Waals surface area contributed by atoms with Crippen LogP contribution in [0.1, 0.15) is 0 Å². The van der Waals surface area contributed by atoms with Crippen molar-refractivity contribution >= 4 is 5.69 Å². The Balaban J connectivity index is 2.17. The Labute approximate surface area is 97.7 Å². The number of aromatic hydroxyl groups is 1. The van der Waals surface area contributed by atoms with E-state index in [0.717, 1.165) is 0 Å². The molecule has 0 heterocycles. The van der Waals surface area contributed by atoms with E-state index in [9.17, 15) is 10.3 Å². The van der Waals surface area contributed by atoms with Crippen LogP contribution in [-0.2, 0) is 0 Å². The maximum atomic E-state index is 10.6. The Morgan fingerprint density at radius 3 is 2.24 bits per heavy atom. The fraction of sp³-hybridized carbons (Fsp3) is 0. The number of rotatable bonds is 3. The molecular formula is C12H11NO4. The molecule has 0 bridgehead atoms. The van der Waals surface area contributed by atoms with Crippen LogP contribution in [0.5, 0.6) is 17.2 Å². The minimum atomic E-state index is -0.987. The Bertz CT molecular complexity index is 496. The molecule has 3 N–H and O–H groups in total. The Hall–Kier alpha value is -2.08. The first kappa shape index (κ1) is 11.4. The third-order valence-electron chi connectivity index (χ3n) is 2.19. The molecule has 2 aromatic carbocycles. The number of quaternary nitrogens is 1. The van der Waals surface area contributed by atoms with Gasteiger partial charge in [-0.25, -0.2) is 5.21 Å². The lowest BCUT2D eigenvalue weighted by Crippen LogP contribution is -2.99. The lowest BCUT2D eigenvalue weighted by atomic mass is 10.3. The van der Waals surface area contributed by atoms with Gasteiger partial charge in [-0.1, -0.05) is 12.1 Å². The highest BCUT2D eigenvalue weighted by Gasteiger charge is 2.04. The molecule has 88 valence electrons. The number of ether oxygens (including phenoxy) is 1. The van der Waals surface area contributed by atoms with E-state index in [-0.39, 0.29) is 11.4 Å². The van der Waals surface area contributed by atoms with Crippen molar-refractivity contribution in [2.24, 2.45) is 0 Å². The molecule has 1 atom stereocenters. The molecule has 0 saturated heterocycles. The normalized spacial score (nSPS) is 12.1. The maximum Gasteiger partial charge on any atom is 0.169 e. The minimum Gasteiger partial charge on any atom is -0.595 e. The molecule has 0 aliphatic rings. The number of hydrogen-bond donors (Lipinski definition) is 3. The maximum absolute atomic E-state index is 10.6. The largest absolute Gasteiger partial charge is 0.595 e. The van der Waals surface area contributed by atoms with Gasteiger partial charge in [0.25, 0.3) is 0 Å². The summed E-state index contributed by atoms with van der Waals surface area (Å²) in [5, 5.41) is 27.9. The van der Waals surface area contributed by atoms with Crippen LogP contribution in [0.3, 0.4) is 0 Å². The molecule has 0 aromatic heterocycles. The van der Waals surface area contributed by atoms with Crippen LogP contribution in [0.15, 0.2) is 48.5 Å². The number of phenols is 1. The summed E-state index contributed by atoms with van der Waals surface area (Å²) in [4.78, 5) is 0. The standard InChI is InChI=1S/C12H11NO4/c14-11-3-1-2-4-12(11)17-10-7-5-9(6-8-10)13(15)16/h1-8,13-15H. The summed E-state index contributed by atoms with van der Waals surface area (Å²) in [6.45, 7) is 0. The summed E-state index contributed by atoms with van der Waals surface area (Å²) in [6, 6.07) is 12.5. The Morgan fingerprint density at radius 2 is 1.65 bits per heavy atom. The predicted molar refractivity (Wildman–Crippen MR) is 60.4 cm³/mol. The third-order valence-corrected chi connectivity index (χ3v) is 2.19. The van der Waals surface area contributed by atoms with Gasteiger partial charge in [-0.05, 0) is 24.3 Å². The molecule has 5 nitrogen and oxygen atoms in total. The smallest absolute Gasteiger partial charge is 0.169 e. The van der Waals surface area contributed by atoms with Gasteiger partial charge < -0.3 is 15.1 Å². The molecule has 0 fully saturated rings. The molecule has 17 heavy (non-hydrogen) atoms. The Kier molecular flexibility index (Phi) is 3.24. The van der Waals surface area contributed by atoms with Crippen molar-refractivity contribution in [2.45, 2.75) is 0 Å². The molecule has 2 rings (SSSR count). The van der Waals surface area contributed by atoms with E-state index in [1.807, 2.05) is 0 Å². The van der Waals surface area contributed by atoms with Gasteiger partial charge in [0, 0.05) is 12.1 Å². The van der Waals surface area contributed by atoms with Gasteiger partial charge in [0.05, 0.1) is 0 Å². The van der Waals surface area contributed by atoms with Gasteiger partial charge in [0.2, 0.25) is 0 Å². The van der Waals surface area contributed by atoms with Crippen LogP contribution in [0.25, 0.3) is 0 Å². The second-order valence-corrected chi connectivity index (χ2v) is 3.40. The van der Waals surface area contributed by atoms with Gasteiger partial charge in [-0.15, -0.1) is 0 Å². The highest BCUT2D eigenvalue weighted by Crippen LogP contribution is 2.29. The van der Waals surface area contributed by atoms with E-state index in [4.69, 9.17) is 9.94 Å². The summed E-state index contributed by atoms with van der Waals surface area (Å²) in [5.74, 6) is 0.835. The van der Waals surface area contributed by atoms with Crippen molar-refractivity contribution in [3.63, 3.8) is 0 Å². The van der Waals surface area contributed by atoms with Crippen molar-refractivity contribution in [2.75, 3.05) is 0 Å². The van der Waals surface area contributed by atoms with E-state index in [2.05, 4.69) is 0 Å². The lowest BCUT2D eigenvalue weighted by molar-refractivity contribution is -0.991. The SMILES string of the molecule is [O-][NH+](O)c1ccc(Oc2ccccc2O)cc1. The quantitative estimate of drug-likeness (QED) is 0.703. The van der Waals surface area contributed by atoms with E-state index < -0.39 is 5.23 Å². The van der Waals surface area contributed by atoms with Gasteiger partial charge >= 0.3 is 0 Å². The van der Waals surface area contributed by atoms with Crippen LogP contribution in [0.2, 0.25) is 0 Å². The van der Waals surface area contributed by atoms with Crippen molar-refractivity contribution in [1.29, 1.82) is 0 Å². The zero-order valence-electron chi connectivity index (χ0n) is 8.83. The fourth-order valence-electron chi connectivity index (χ4n) is 1.34. The van der Waals surface area contributed by atoms with Crippen LogP contribution in [0, 0.1) is 5.21 Å². The molecule has 0 amide bonds. The number of phenolic OH excluding ortho intramolecular Hbond substituents is 1. The zero-order chi connectivity index (χ0) is 12.3. The molecule has 0 aliphatic carbocycles. The van der Waals surface area contributed by atoms with Gasteiger partial charge in [-0.3, -0.25) is 0 Å². The minimum absolute atomic E-state index is 0.0369. The number of para-hydroxylation sites is 2. The highest BCUT2D eigenvalue weighted by atomic mass is 16.8. The molecule has 5 heteroatoms. The second kappa shape index (κ2) is 4.84. The summed E-state index contributed by atoms with van der Waals surface area (Å²) in [5.41, 5.74) is 0.189. The molecule has 1 unspecified atom stereocenters. The van der Waals surface area contributed by atoms with Crippen molar-refractivity contribution in [3.05, 3.63) is 53.7 Å². The third kappa shape index (κ3) is 2.73. The van der Waals surface area contributed by atoms with Crippen molar-refractivity contribution in [3.8, 4) is 17.2 Å². The monoisotopic (exact) mass is 233 g/mol. The number of benzene rings is 2. The zero-order valence-corrected chi connectivity index (χ0v) is 8.83. The highest BCUT2D eigenvalue weighted by molar-refractivity contribution is 5.43. The van der Waals surface area contributed by atoms with Crippen LogP contribution >= 0.6 is 0 Å². The summed E-state index contributed by atoms with van der Waals surface area (Å²) < 4.78 is 5.40. The molecule has 0 aliphatic heterocycles. The van der Waals surface area contributed by atoms with Crippen LogP contribution in [-0.4, -0.2) is 10.3 Å². The first-order valence-corrected chi connectivity index (χ1v) is 4.96. The lowest BCUT2D eigenvalue weighted by Gasteiger charge is -2.12. The van der Waals surface area contributed by atoms with Crippen molar-refractivity contribution in [1.82, 2.24) is 0 Å². The summed E-state index contributed by atoms with van der Waals surface area (Å²) in [6.07, 6.45) is 0. The van der Waals surface area contributed by atoms with E-state index >= 15 is 0 Å². The second-order valence-electron chi connectivity index (χ2n) is 3.40. The first-order valence-electron chi connectivity index (χ1n) is 4.96. The molecular weight excluding hydrogens is 222 g/mol. The summed E-state index contributed by atoms with van der Waals surface area (Å²) >= 11 is 0. The average molecular weight is 233 g/mol. The molecule has 2 aromatic rings. The van der Waals surface area contributed by atoms with E-state index in [0.29, 0.717) is 11.5 Å².